The van der Waals surface area contributed by atoms with Crippen LogP contribution in [-0.4, -0.2) is 28.5 Å². The van der Waals surface area contributed by atoms with Crippen molar-refractivity contribution in [3.8, 4) is 0 Å². The third-order valence-corrected chi connectivity index (χ3v) is 0.611. The normalized spacial score (nSPS) is 16.3. The van der Waals surface area contributed by atoms with Crippen LogP contribution >= 0.6 is 0 Å². The molecule has 0 aliphatic carbocycles. The van der Waals surface area contributed by atoms with Crippen LogP contribution in [0, 0.1) is 0 Å². The summed E-state index contributed by atoms with van der Waals surface area (Å²) in [6, 6.07) is 0. The average molecular weight is 86.1 g/mol. The second-order valence-electron chi connectivity index (χ2n) is 1.12. The first kappa shape index (κ1) is 3.33. The summed E-state index contributed by atoms with van der Waals surface area (Å²) in [6.45, 7) is 0.606. The Morgan fingerprint density at radius 2 is 2.50 bits per heavy atom. The highest BCUT2D eigenvalue weighted by Crippen LogP contribution is 1.83. The van der Waals surface area contributed by atoms with E-state index in [0.717, 1.165) is 0 Å². The third kappa shape index (κ3) is 0.381. The smallest absolute Gasteiger partial charge is 0.427 e. The van der Waals surface area contributed by atoms with Gasteiger partial charge in [0.2, 0.25) is 12.8 Å². The van der Waals surface area contributed by atoms with Crippen LogP contribution in [0.4, 0.5) is 4.79 Å². The van der Waals surface area contributed by atoms with Gasteiger partial charge in [-0.2, -0.15) is 4.79 Å². The molecule has 1 N–H and O–H groups in total. The van der Waals surface area contributed by atoms with Gasteiger partial charge in [0, 0.05) is 0 Å². The lowest BCUT2D eigenvalue weighted by Crippen LogP contribution is -1.99. The van der Waals surface area contributed by atoms with Crippen LogP contribution in [0.5, 0.6) is 0 Å². The van der Waals surface area contributed by atoms with Gasteiger partial charge in [-0.3, -0.25) is 0 Å². The first-order chi connectivity index (χ1) is 2.80. The molecule has 3 nitrogen and oxygen atoms in total. The van der Waals surface area contributed by atoms with E-state index in [1.807, 2.05) is 0 Å². The predicted molar refractivity (Wildman–Crippen MR) is 19.2 cm³/mol. The van der Waals surface area contributed by atoms with Crippen LogP contribution in [0.3, 0.4) is 0 Å². The molecule has 0 atom stereocenters. The molecule has 0 spiro atoms. The number of amides is 1. The Morgan fingerprint density at radius 1 is 2.00 bits per heavy atom. The van der Waals surface area contributed by atoms with Crippen molar-refractivity contribution in [2.45, 2.75) is 0 Å². The maximum absolute atomic E-state index is 9.66. The SMILES string of the molecule is O=C(O)[N+]1=CC1. The van der Waals surface area contributed by atoms with Gasteiger partial charge in [-0.1, -0.05) is 0 Å². The maximum Gasteiger partial charge on any atom is 0.594 e. The second-order valence-corrected chi connectivity index (χ2v) is 1.12. The summed E-state index contributed by atoms with van der Waals surface area (Å²) in [5.74, 6) is 0. The predicted octanol–water partition coefficient (Wildman–Crippen LogP) is -0.239. The van der Waals surface area contributed by atoms with E-state index in [4.69, 9.17) is 5.11 Å². The topological polar surface area (TPSA) is 40.3 Å². The Kier molecular flexibility index (Phi) is 0.445. The zero-order valence-corrected chi connectivity index (χ0v) is 3.09. The molecule has 0 aromatic carbocycles. The number of carboxylic acid groups (broad SMARTS) is 1. The molecule has 0 fully saturated rings. The lowest BCUT2D eigenvalue weighted by Gasteiger charge is -1.63. The fourth-order valence-electron chi connectivity index (χ4n) is 0.197. The molecule has 6 heavy (non-hydrogen) atoms. The van der Waals surface area contributed by atoms with E-state index < -0.39 is 6.09 Å². The van der Waals surface area contributed by atoms with E-state index in [9.17, 15) is 4.79 Å². The highest BCUT2D eigenvalue weighted by Gasteiger charge is 2.25. The molecular formula is C3H4NO2+. The van der Waals surface area contributed by atoms with Crippen LogP contribution in [0.25, 0.3) is 0 Å². The van der Waals surface area contributed by atoms with Gasteiger partial charge in [0.15, 0.2) is 0 Å². The Hall–Kier alpha value is -0.860. The molecule has 0 radical (unpaired) electrons. The molecule has 0 saturated heterocycles. The van der Waals surface area contributed by atoms with Gasteiger partial charge in [0.05, 0.1) is 0 Å². The zero-order valence-electron chi connectivity index (χ0n) is 3.09. The van der Waals surface area contributed by atoms with E-state index in [0.29, 0.717) is 6.54 Å². The van der Waals surface area contributed by atoms with Gasteiger partial charge in [-0.15, -0.1) is 4.58 Å². The van der Waals surface area contributed by atoms with Crippen LogP contribution in [0.2, 0.25) is 0 Å². The standard InChI is InChI=1S/C3H3NO2/c5-3(6)4-1-2-4/h1H,2H2/p+1. The van der Waals surface area contributed by atoms with E-state index in [2.05, 4.69) is 0 Å². The first-order valence-electron chi connectivity index (χ1n) is 1.63. The number of carbonyl (C=O) groups is 1. The fraction of sp³-hybridized carbons (Fsp3) is 0.333. The number of hydrogen-bond acceptors (Lipinski definition) is 1. The number of rotatable bonds is 0. The molecule has 1 heterocycles. The van der Waals surface area contributed by atoms with Crippen LogP contribution in [0.15, 0.2) is 0 Å². The van der Waals surface area contributed by atoms with Crippen LogP contribution in [0.1, 0.15) is 0 Å². The van der Waals surface area contributed by atoms with Gasteiger partial charge in [-0.05, 0) is 0 Å². The average Bonchev–Trinajstić information content (AvgIpc) is 2.06. The minimum atomic E-state index is -0.852. The first-order valence-corrected chi connectivity index (χ1v) is 1.63. The van der Waals surface area contributed by atoms with E-state index >= 15 is 0 Å². The number of nitrogens with zero attached hydrogens (tertiary/aromatic N) is 1. The lowest BCUT2D eigenvalue weighted by atomic mass is 11.0. The molecule has 1 rings (SSSR count). The summed E-state index contributed by atoms with van der Waals surface area (Å²) in [6.07, 6.45) is 0.748. The minimum Gasteiger partial charge on any atom is -0.427 e. The molecular weight excluding hydrogens is 82.0 g/mol. The minimum absolute atomic E-state index is 0.606. The molecule has 32 valence electrons. The van der Waals surface area contributed by atoms with Crippen molar-refractivity contribution in [3.63, 3.8) is 0 Å². The molecule has 1 amide bonds. The van der Waals surface area contributed by atoms with Crippen molar-refractivity contribution >= 4 is 12.3 Å². The summed E-state index contributed by atoms with van der Waals surface area (Å²) in [4.78, 5) is 9.66. The number of hydrogen-bond donors (Lipinski definition) is 1. The van der Waals surface area contributed by atoms with Crippen molar-refractivity contribution in [3.05, 3.63) is 0 Å². The summed E-state index contributed by atoms with van der Waals surface area (Å²) in [5, 5.41) is 7.95. The van der Waals surface area contributed by atoms with Gasteiger partial charge >= 0.3 is 6.09 Å². The molecule has 1 aliphatic heterocycles. The van der Waals surface area contributed by atoms with Crippen molar-refractivity contribution in [2.75, 3.05) is 6.54 Å². The largest absolute Gasteiger partial charge is 0.594 e. The molecule has 3 heteroatoms. The monoisotopic (exact) mass is 86.0 g/mol. The lowest BCUT2D eigenvalue weighted by molar-refractivity contribution is -0.351. The van der Waals surface area contributed by atoms with E-state index in [1.54, 1.807) is 6.21 Å². The van der Waals surface area contributed by atoms with Crippen LogP contribution in [-0.2, 0) is 0 Å². The van der Waals surface area contributed by atoms with Crippen molar-refractivity contribution < 1.29 is 14.5 Å². The van der Waals surface area contributed by atoms with E-state index in [1.165, 1.54) is 4.58 Å². The Labute approximate surface area is 34.5 Å². The molecule has 0 unspecified atom stereocenters. The summed E-state index contributed by atoms with van der Waals surface area (Å²) < 4.78 is 1.21. The molecule has 0 aromatic rings. The summed E-state index contributed by atoms with van der Waals surface area (Å²) >= 11 is 0. The third-order valence-electron chi connectivity index (χ3n) is 0.611. The second kappa shape index (κ2) is 0.801. The maximum atomic E-state index is 9.66. The Bertz CT molecular complexity index is 116. The summed E-state index contributed by atoms with van der Waals surface area (Å²) in [5.41, 5.74) is 0. The van der Waals surface area contributed by atoms with Crippen molar-refractivity contribution in [2.24, 2.45) is 0 Å². The van der Waals surface area contributed by atoms with Crippen LogP contribution < -0.4 is 0 Å². The van der Waals surface area contributed by atoms with Gasteiger partial charge < -0.3 is 5.11 Å². The molecule has 0 bridgehead atoms. The Balaban J connectivity index is 2.52. The molecule has 1 aliphatic rings. The Morgan fingerprint density at radius 3 is 2.50 bits per heavy atom. The molecule has 0 saturated carbocycles. The fourth-order valence-corrected chi connectivity index (χ4v) is 0.197. The van der Waals surface area contributed by atoms with Gasteiger partial charge in [0.25, 0.3) is 0 Å². The summed E-state index contributed by atoms with van der Waals surface area (Å²) in [7, 11) is 0. The van der Waals surface area contributed by atoms with E-state index in [-0.39, 0.29) is 0 Å². The zero-order chi connectivity index (χ0) is 4.57. The van der Waals surface area contributed by atoms with Gasteiger partial charge in [-0.25, -0.2) is 0 Å². The van der Waals surface area contributed by atoms with Crippen molar-refractivity contribution in [1.29, 1.82) is 0 Å². The van der Waals surface area contributed by atoms with Crippen molar-refractivity contribution in [1.82, 2.24) is 0 Å². The highest BCUT2D eigenvalue weighted by atomic mass is 16.4. The molecule has 0 aromatic heterocycles. The van der Waals surface area contributed by atoms with Gasteiger partial charge in [0.1, 0.15) is 0 Å². The quantitative estimate of drug-likeness (QED) is 0.413. The highest BCUT2D eigenvalue weighted by molar-refractivity contribution is 5.73.